The Balaban J connectivity index is 1.35. The van der Waals surface area contributed by atoms with Crippen LogP contribution in [0.4, 0.5) is 11.4 Å². The van der Waals surface area contributed by atoms with E-state index in [-0.39, 0.29) is 28.7 Å². The summed E-state index contributed by atoms with van der Waals surface area (Å²) in [5.74, 6) is -1.11. The molecule has 4 aromatic rings. The van der Waals surface area contributed by atoms with Crippen LogP contribution in [0.5, 0.6) is 11.5 Å². The van der Waals surface area contributed by atoms with Gasteiger partial charge in [0, 0.05) is 35.0 Å². The van der Waals surface area contributed by atoms with Gasteiger partial charge in [-0.25, -0.2) is 10.2 Å². The van der Waals surface area contributed by atoms with Crippen LogP contribution in [0, 0.1) is 17.0 Å². The number of carbonyl (C=O) groups excluding carboxylic acids is 3. The Morgan fingerprint density at radius 1 is 0.837 bits per heavy atom. The molecule has 11 nitrogen and oxygen atoms in total. The van der Waals surface area contributed by atoms with Gasteiger partial charge in [-0.2, -0.15) is 5.10 Å². The van der Waals surface area contributed by atoms with Gasteiger partial charge in [-0.15, -0.1) is 0 Å². The quantitative estimate of drug-likeness (QED) is 0.0626. The van der Waals surface area contributed by atoms with Crippen molar-refractivity contribution in [2.24, 2.45) is 5.10 Å². The lowest BCUT2D eigenvalue weighted by atomic mass is 10.1. The monoisotopic (exact) mass is 578 g/mol. The molecule has 0 saturated heterocycles. The molecule has 11 heteroatoms. The van der Waals surface area contributed by atoms with Crippen LogP contribution in [0.3, 0.4) is 0 Å². The Labute approximate surface area is 246 Å². The number of nitrogens with one attached hydrogen (secondary N) is 2. The second kappa shape index (κ2) is 14.0. The molecular weight excluding hydrogens is 552 g/mol. The Hall–Kier alpha value is -6.10. The number of ether oxygens (including phenoxy) is 2. The van der Waals surface area contributed by atoms with E-state index in [1.807, 2.05) is 13.0 Å². The van der Waals surface area contributed by atoms with Crippen molar-refractivity contribution in [2.75, 3.05) is 12.4 Å². The lowest BCUT2D eigenvalue weighted by molar-refractivity contribution is -0.384. The molecule has 0 aliphatic heterocycles. The number of hydrogen-bond donors (Lipinski definition) is 2. The lowest BCUT2D eigenvalue weighted by Gasteiger charge is -2.09. The molecule has 4 aromatic carbocycles. The number of carbonyl (C=O) groups is 3. The zero-order chi connectivity index (χ0) is 30.8. The molecule has 216 valence electrons. The number of nitro groups is 1. The van der Waals surface area contributed by atoms with Gasteiger partial charge in [-0.1, -0.05) is 35.9 Å². The Kier molecular flexibility index (Phi) is 9.72. The van der Waals surface area contributed by atoms with Gasteiger partial charge in [0.2, 0.25) is 0 Å². The van der Waals surface area contributed by atoms with Gasteiger partial charge in [-0.05, 0) is 72.7 Å². The number of amides is 2. The Bertz CT molecular complexity index is 1750. The molecule has 2 N–H and O–H groups in total. The number of methoxy groups -OCH3 is 1. The van der Waals surface area contributed by atoms with Gasteiger partial charge in [0.05, 0.1) is 18.2 Å². The van der Waals surface area contributed by atoms with Crippen molar-refractivity contribution in [3.63, 3.8) is 0 Å². The highest BCUT2D eigenvalue weighted by Crippen LogP contribution is 2.28. The van der Waals surface area contributed by atoms with E-state index in [9.17, 15) is 24.5 Å². The number of esters is 1. The third kappa shape index (κ3) is 8.44. The number of hydrazone groups is 1. The molecule has 4 rings (SSSR count). The van der Waals surface area contributed by atoms with Crippen molar-refractivity contribution < 1.29 is 28.8 Å². The number of aryl methyl sites for hydroxylation is 1. The summed E-state index contributed by atoms with van der Waals surface area (Å²) in [5.41, 5.74) is 5.56. The van der Waals surface area contributed by atoms with Crippen LogP contribution in [0.15, 0.2) is 102 Å². The average Bonchev–Trinajstić information content (AvgIpc) is 3.01. The number of rotatable bonds is 10. The zero-order valence-corrected chi connectivity index (χ0v) is 23.1. The molecule has 0 aliphatic carbocycles. The van der Waals surface area contributed by atoms with Crippen molar-refractivity contribution in [1.82, 2.24) is 5.43 Å². The van der Waals surface area contributed by atoms with E-state index in [0.717, 1.165) is 11.6 Å². The van der Waals surface area contributed by atoms with E-state index in [0.29, 0.717) is 22.4 Å². The molecule has 0 spiro atoms. The Morgan fingerprint density at radius 2 is 1.58 bits per heavy atom. The van der Waals surface area contributed by atoms with Crippen LogP contribution >= 0.6 is 0 Å². The largest absolute Gasteiger partial charge is 0.493 e. The minimum atomic E-state index is -0.712. The second-order valence-electron chi connectivity index (χ2n) is 9.12. The number of benzene rings is 4. The van der Waals surface area contributed by atoms with Gasteiger partial charge in [0.15, 0.2) is 11.5 Å². The smallest absolute Gasteiger partial charge is 0.336 e. The molecule has 2 amide bonds. The van der Waals surface area contributed by atoms with Gasteiger partial charge in [0.25, 0.3) is 17.5 Å². The van der Waals surface area contributed by atoms with Gasteiger partial charge >= 0.3 is 5.97 Å². The molecule has 0 radical (unpaired) electrons. The SMILES string of the molecule is COc1cc(C=NNC(=O)c2cccc(NC(=O)c3cccc(C)c3)c2)ccc1OC(=O)/C=C/c1cccc([N+](=O)[O-])c1. The first kappa shape index (κ1) is 29.9. The van der Waals surface area contributed by atoms with Gasteiger partial charge in [0.1, 0.15) is 0 Å². The standard InChI is InChI=1S/C32H26N4O7/c1-21-6-3-8-24(16-21)31(38)34-26-10-5-9-25(19-26)32(39)35-33-20-23-12-14-28(29(18-23)42-2)43-30(37)15-13-22-7-4-11-27(17-22)36(40)41/h3-20H,1-2H3,(H,34,38)(H,35,39)/b15-13+,33-20?. The number of anilines is 1. The maximum atomic E-state index is 12.6. The van der Waals surface area contributed by atoms with E-state index < -0.39 is 16.8 Å². The molecule has 0 saturated carbocycles. The fraction of sp³-hybridized carbons (Fsp3) is 0.0625. The van der Waals surface area contributed by atoms with E-state index in [4.69, 9.17) is 9.47 Å². The number of non-ortho nitro benzene ring substituents is 1. The lowest BCUT2D eigenvalue weighted by Crippen LogP contribution is -2.18. The maximum Gasteiger partial charge on any atom is 0.336 e. The number of hydrogen-bond acceptors (Lipinski definition) is 8. The molecule has 0 aliphatic rings. The van der Waals surface area contributed by atoms with E-state index in [1.165, 1.54) is 49.7 Å². The van der Waals surface area contributed by atoms with Crippen molar-refractivity contribution in [1.29, 1.82) is 0 Å². The molecule has 0 atom stereocenters. The third-order valence-corrected chi connectivity index (χ3v) is 5.93. The summed E-state index contributed by atoms with van der Waals surface area (Å²) < 4.78 is 10.6. The predicted octanol–water partition coefficient (Wildman–Crippen LogP) is 5.55. The summed E-state index contributed by atoms with van der Waals surface area (Å²) in [6.45, 7) is 1.90. The third-order valence-electron chi connectivity index (χ3n) is 5.93. The topological polar surface area (TPSA) is 149 Å². The first-order valence-electron chi connectivity index (χ1n) is 12.9. The van der Waals surface area contributed by atoms with Crippen molar-refractivity contribution in [3.8, 4) is 11.5 Å². The maximum absolute atomic E-state index is 12.6. The normalized spacial score (nSPS) is 10.8. The Morgan fingerprint density at radius 3 is 2.33 bits per heavy atom. The van der Waals surface area contributed by atoms with Crippen LogP contribution in [-0.4, -0.2) is 36.0 Å². The molecule has 0 unspecified atom stereocenters. The zero-order valence-electron chi connectivity index (χ0n) is 23.1. The fourth-order valence-electron chi connectivity index (χ4n) is 3.86. The van der Waals surface area contributed by atoms with Crippen LogP contribution in [-0.2, 0) is 4.79 Å². The minimum Gasteiger partial charge on any atom is -0.493 e. The van der Waals surface area contributed by atoms with Crippen molar-refractivity contribution >= 4 is 41.4 Å². The summed E-state index contributed by atoms with van der Waals surface area (Å²) in [6.07, 6.45) is 3.93. The molecule has 0 aromatic heterocycles. The highest BCUT2D eigenvalue weighted by molar-refractivity contribution is 6.05. The van der Waals surface area contributed by atoms with E-state index in [2.05, 4.69) is 15.8 Å². The number of nitrogens with zero attached hydrogens (tertiary/aromatic N) is 2. The highest BCUT2D eigenvalue weighted by Gasteiger charge is 2.11. The number of nitro benzene ring substituents is 1. The molecule has 0 bridgehead atoms. The van der Waals surface area contributed by atoms with Crippen LogP contribution in [0.2, 0.25) is 0 Å². The molecule has 0 fully saturated rings. The van der Waals surface area contributed by atoms with Crippen LogP contribution < -0.4 is 20.2 Å². The summed E-state index contributed by atoms with van der Waals surface area (Å²) in [7, 11) is 1.40. The minimum absolute atomic E-state index is 0.0958. The van der Waals surface area contributed by atoms with Crippen LogP contribution in [0.25, 0.3) is 6.08 Å². The summed E-state index contributed by atoms with van der Waals surface area (Å²) in [6, 6.07) is 24.1. The summed E-state index contributed by atoms with van der Waals surface area (Å²) >= 11 is 0. The predicted molar refractivity (Wildman–Crippen MR) is 161 cm³/mol. The highest BCUT2D eigenvalue weighted by atomic mass is 16.6. The molecular formula is C32H26N4O7. The fourth-order valence-corrected chi connectivity index (χ4v) is 3.86. The van der Waals surface area contributed by atoms with Crippen molar-refractivity contribution in [3.05, 3.63) is 135 Å². The van der Waals surface area contributed by atoms with Crippen LogP contribution in [0.1, 0.15) is 37.4 Å². The van der Waals surface area contributed by atoms with Gasteiger partial charge < -0.3 is 14.8 Å². The van der Waals surface area contributed by atoms with Gasteiger partial charge in [-0.3, -0.25) is 19.7 Å². The molecule has 0 heterocycles. The van der Waals surface area contributed by atoms with E-state index in [1.54, 1.807) is 54.6 Å². The first-order valence-corrected chi connectivity index (χ1v) is 12.9. The average molecular weight is 579 g/mol. The summed E-state index contributed by atoms with van der Waals surface area (Å²) in [4.78, 5) is 47.9. The van der Waals surface area contributed by atoms with E-state index >= 15 is 0 Å². The first-order chi connectivity index (χ1) is 20.7. The molecule has 43 heavy (non-hydrogen) atoms. The second-order valence-corrected chi connectivity index (χ2v) is 9.12. The van der Waals surface area contributed by atoms with Crippen molar-refractivity contribution in [2.45, 2.75) is 6.92 Å². The summed E-state index contributed by atoms with van der Waals surface area (Å²) in [5, 5.41) is 17.7.